The summed E-state index contributed by atoms with van der Waals surface area (Å²) in [5.74, 6) is 1.72. The molecule has 0 bridgehead atoms. The van der Waals surface area contributed by atoms with E-state index in [2.05, 4.69) is 6.07 Å². The number of benzene rings is 3. The Morgan fingerprint density at radius 1 is 0.979 bits per heavy atom. The van der Waals surface area contributed by atoms with Gasteiger partial charge in [-0.25, -0.2) is 0 Å². The maximum Gasteiger partial charge on any atom is 0.227 e. The van der Waals surface area contributed by atoms with E-state index in [1.54, 1.807) is 21.0 Å². The second-order valence-corrected chi connectivity index (χ2v) is 13.4. The summed E-state index contributed by atoms with van der Waals surface area (Å²) in [6, 6.07) is 17.9. The molecule has 0 spiro atoms. The van der Waals surface area contributed by atoms with Crippen LogP contribution < -0.4 is 19.9 Å². The highest BCUT2D eigenvalue weighted by Crippen LogP contribution is 2.32. The van der Waals surface area contributed by atoms with Crippen LogP contribution in [0.4, 0.5) is 0 Å². The monoisotopic (exact) mass is 664 g/mol. The highest BCUT2D eigenvalue weighted by molar-refractivity contribution is 6.32. The summed E-state index contributed by atoms with van der Waals surface area (Å²) in [7, 11) is 1.69. The van der Waals surface area contributed by atoms with Gasteiger partial charge in [0.1, 0.15) is 30.5 Å². The first-order valence-electron chi connectivity index (χ1n) is 16.4. The highest BCUT2D eigenvalue weighted by atomic mass is 35.5. The van der Waals surface area contributed by atoms with E-state index in [-0.39, 0.29) is 24.4 Å². The van der Waals surface area contributed by atoms with E-state index in [9.17, 15) is 9.59 Å². The summed E-state index contributed by atoms with van der Waals surface area (Å²) >= 11 is 6.34. The van der Waals surface area contributed by atoms with Gasteiger partial charge in [0.2, 0.25) is 5.91 Å². The Morgan fingerprint density at radius 2 is 1.68 bits per heavy atom. The van der Waals surface area contributed by atoms with Gasteiger partial charge < -0.3 is 29.6 Å². The smallest absolute Gasteiger partial charge is 0.227 e. The van der Waals surface area contributed by atoms with E-state index < -0.39 is 5.60 Å². The first-order chi connectivity index (χ1) is 22.5. The minimum absolute atomic E-state index is 0.0537. The molecule has 1 saturated carbocycles. The molecule has 0 aliphatic heterocycles. The molecule has 47 heavy (non-hydrogen) atoms. The summed E-state index contributed by atoms with van der Waals surface area (Å²) in [6.45, 7) is 9.54. The number of carbonyl (C=O) groups excluding carboxylic acids is 2. The third-order valence-electron chi connectivity index (χ3n) is 8.14. The first kappa shape index (κ1) is 36.2. The molecule has 8 nitrogen and oxygen atoms in total. The zero-order chi connectivity index (χ0) is 34.0. The average molecular weight is 665 g/mol. The summed E-state index contributed by atoms with van der Waals surface area (Å²) in [5, 5.41) is 0.597. The van der Waals surface area contributed by atoms with Gasteiger partial charge in [-0.15, -0.1) is 0 Å². The van der Waals surface area contributed by atoms with E-state index in [1.807, 2.05) is 67.3 Å². The first-order valence-corrected chi connectivity index (χ1v) is 16.8. The van der Waals surface area contributed by atoms with Crippen LogP contribution in [0.5, 0.6) is 17.2 Å². The molecule has 1 aliphatic rings. The van der Waals surface area contributed by atoms with Gasteiger partial charge in [0.05, 0.1) is 10.9 Å². The van der Waals surface area contributed by atoms with Crippen molar-refractivity contribution in [1.82, 2.24) is 4.90 Å². The van der Waals surface area contributed by atoms with Crippen molar-refractivity contribution in [3.05, 3.63) is 87.4 Å². The Bertz CT molecular complexity index is 1460. The van der Waals surface area contributed by atoms with Crippen molar-refractivity contribution < 1.29 is 28.5 Å². The minimum atomic E-state index is -0.956. The Labute approximate surface area is 284 Å². The van der Waals surface area contributed by atoms with E-state index in [0.29, 0.717) is 49.3 Å². The quantitative estimate of drug-likeness (QED) is 0.113. The highest BCUT2D eigenvalue weighted by Gasteiger charge is 2.35. The van der Waals surface area contributed by atoms with Crippen LogP contribution in [0, 0.1) is 19.8 Å². The predicted octanol–water partition coefficient (Wildman–Crippen LogP) is 6.66. The van der Waals surface area contributed by atoms with E-state index in [1.165, 1.54) is 0 Å². The lowest BCUT2D eigenvalue weighted by atomic mass is 9.97. The molecule has 0 heterocycles. The van der Waals surface area contributed by atoms with Crippen LogP contribution in [0.25, 0.3) is 0 Å². The van der Waals surface area contributed by atoms with Crippen molar-refractivity contribution in [2.24, 2.45) is 11.7 Å². The number of nitrogens with two attached hydrogens (primary N) is 1. The van der Waals surface area contributed by atoms with Gasteiger partial charge in [-0.3, -0.25) is 9.59 Å². The Morgan fingerprint density at radius 3 is 2.32 bits per heavy atom. The third-order valence-corrected chi connectivity index (χ3v) is 8.42. The van der Waals surface area contributed by atoms with Crippen LogP contribution in [0.15, 0.2) is 54.6 Å². The van der Waals surface area contributed by atoms with Crippen LogP contribution in [-0.2, 0) is 33.7 Å². The number of amides is 1. The number of carbonyl (C=O) groups is 2. The standard InChI is InChI=1S/C38H49ClN2O6/c1-26-17-27(2)36(35(39)18-26)46-16-15-45-33-12-8-28(9-13-33)20-31(23-40)37(43)41(32-10-11-32)24-30-19-29(7-6-14-44-5)21-34(22-30)47-38(3,4)25-42/h8-9,12-13,17-19,21-22,25,31-32H,6-7,10-11,14-16,20,23-24,40H2,1-5H3. The van der Waals surface area contributed by atoms with Crippen LogP contribution in [0.2, 0.25) is 5.02 Å². The molecular formula is C38H49ClN2O6. The molecule has 1 amide bonds. The SMILES string of the molecule is COCCCc1cc(CN(C(=O)C(CN)Cc2ccc(OCCOc3c(C)cc(C)cc3Cl)cc2)C2CC2)cc(OC(C)(C)C=O)c1. The molecule has 3 aromatic rings. The number of methoxy groups -OCH3 is 1. The zero-order valence-electron chi connectivity index (χ0n) is 28.4. The van der Waals surface area contributed by atoms with Crippen LogP contribution in [0.1, 0.15) is 60.9 Å². The Kier molecular flexibility index (Phi) is 13.1. The molecular weight excluding hydrogens is 616 g/mol. The third kappa shape index (κ3) is 11.0. The number of hydrogen-bond acceptors (Lipinski definition) is 7. The van der Waals surface area contributed by atoms with Gasteiger partial charge in [0.25, 0.3) is 0 Å². The molecule has 4 rings (SSSR count). The predicted molar refractivity (Wildman–Crippen MR) is 186 cm³/mol. The maximum absolute atomic E-state index is 13.9. The fourth-order valence-electron chi connectivity index (χ4n) is 5.64. The largest absolute Gasteiger partial charge is 0.490 e. The van der Waals surface area contributed by atoms with Crippen LogP contribution in [0.3, 0.4) is 0 Å². The normalized spacial score (nSPS) is 13.6. The summed E-state index contributed by atoms with van der Waals surface area (Å²) < 4.78 is 23.0. The van der Waals surface area contributed by atoms with Crippen molar-refractivity contribution in [3.8, 4) is 17.2 Å². The van der Waals surface area contributed by atoms with Crippen LogP contribution >= 0.6 is 11.6 Å². The second kappa shape index (κ2) is 17.0. The number of nitrogens with zero attached hydrogens (tertiary/aromatic N) is 1. The topological polar surface area (TPSA) is 100 Å². The summed E-state index contributed by atoms with van der Waals surface area (Å²) in [4.78, 5) is 27.5. The molecule has 1 atom stereocenters. The minimum Gasteiger partial charge on any atom is -0.490 e. The molecule has 0 saturated heterocycles. The summed E-state index contributed by atoms with van der Waals surface area (Å²) in [5.41, 5.74) is 10.4. The van der Waals surface area contributed by atoms with E-state index >= 15 is 0 Å². The number of rotatable bonds is 19. The maximum atomic E-state index is 13.9. The van der Waals surface area contributed by atoms with Gasteiger partial charge in [0, 0.05) is 32.8 Å². The van der Waals surface area contributed by atoms with Gasteiger partial charge in [-0.2, -0.15) is 0 Å². The lowest BCUT2D eigenvalue weighted by Crippen LogP contribution is -2.41. The molecule has 254 valence electrons. The molecule has 0 radical (unpaired) electrons. The Balaban J connectivity index is 1.38. The van der Waals surface area contributed by atoms with Gasteiger partial charge in [-0.1, -0.05) is 35.9 Å². The lowest BCUT2D eigenvalue weighted by Gasteiger charge is -2.28. The Hall–Kier alpha value is -3.59. The van der Waals surface area contributed by atoms with Crippen molar-refractivity contribution in [2.75, 3.05) is 33.5 Å². The van der Waals surface area contributed by atoms with Crippen molar-refractivity contribution in [1.29, 1.82) is 0 Å². The number of aldehydes is 1. The number of ether oxygens (including phenoxy) is 4. The number of halogens is 1. The van der Waals surface area contributed by atoms with Crippen LogP contribution in [-0.4, -0.2) is 62.2 Å². The zero-order valence-corrected chi connectivity index (χ0v) is 29.1. The molecule has 3 aromatic carbocycles. The van der Waals surface area contributed by atoms with E-state index in [0.717, 1.165) is 65.5 Å². The molecule has 1 fully saturated rings. The van der Waals surface area contributed by atoms with Crippen molar-refractivity contribution >= 4 is 23.8 Å². The molecule has 1 unspecified atom stereocenters. The van der Waals surface area contributed by atoms with Gasteiger partial charge >= 0.3 is 0 Å². The average Bonchev–Trinajstić information content (AvgIpc) is 3.87. The molecule has 2 N–H and O–H groups in total. The fourth-order valence-corrected chi connectivity index (χ4v) is 6.02. The molecule has 0 aromatic heterocycles. The van der Waals surface area contributed by atoms with Crippen molar-refractivity contribution in [3.63, 3.8) is 0 Å². The number of hydrogen-bond donors (Lipinski definition) is 1. The molecule has 9 heteroatoms. The van der Waals surface area contributed by atoms with Crippen molar-refractivity contribution in [2.45, 2.75) is 78.0 Å². The second-order valence-electron chi connectivity index (χ2n) is 13.0. The van der Waals surface area contributed by atoms with Gasteiger partial charge in [0.15, 0.2) is 11.9 Å². The summed E-state index contributed by atoms with van der Waals surface area (Å²) in [6.07, 6.45) is 4.94. The molecule has 1 aliphatic carbocycles. The van der Waals surface area contributed by atoms with E-state index in [4.69, 9.17) is 36.3 Å². The fraction of sp³-hybridized carbons (Fsp3) is 0.474. The van der Waals surface area contributed by atoms with Gasteiger partial charge in [-0.05, 0) is 118 Å². The lowest BCUT2D eigenvalue weighted by molar-refractivity contribution is -0.136. The number of aryl methyl sites for hydroxylation is 3.